The summed E-state index contributed by atoms with van der Waals surface area (Å²) in [6, 6.07) is 13.4. The van der Waals surface area contributed by atoms with Gasteiger partial charge in [-0.1, -0.05) is 12.1 Å². The number of fused-ring (bicyclic) bond motifs is 2. The van der Waals surface area contributed by atoms with Crippen LogP contribution in [0.5, 0.6) is 5.75 Å². The zero-order chi connectivity index (χ0) is 19.1. The van der Waals surface area contributed by atoms with Crippen molar-refractivity contribution < 1.29 is 9.52 Å². The van der Waals surface area contributed by atoms with E-state index in [2.05, 4.69) is 21.9 Å². The van der Waals surface area contributed by atoms with Crippen LogP contribution in [0.3, 0.4) is 0 Å². The van der Waals surface area contributed by atoms with Crippen LogP contribution in [0.2, 0.25) is 0 Å². The number of hydrogen-bond acceptors (Lipinski definition) is 5. The third-order valence-electron chi connectivity index (χ3n) is 6.03. The average Bonchev–Trinajstić information content (AvgIpc) is 3.15. The molecule has 0 unspecified atom stereocenters. The minimum absolute atomic E-state index is 0.270. The van der Waals surface area contributed by atoms with Crippen LogP contribution in [0.4, 0.5) is 5.69 Å². The lowest BCUT2D eigenvalue weighted by Crippen LogP contribution is -2.46. The van der Waals surface area contributed by atoms with E-state index in [-0.39, 0.29) is 5.63 Å². The fourth-order valence-electron chi connectivity index (χ4n) is 4.54. The molecule has 5 rings (SSSR count). The molecular weight excluding hydrogens is 352 g/mol. The van der Waals surface area contributed by atoms with E-state index in [4.69, 9.17) is 4.42 Å². The van der Waals surface area contributed by atoms with Gasteiger partial charge in [-0.3, -0.25) is 4.90 Å². The van der Waals surface area contributed by atoms with E-state index in [1.807, 2.05) is 18.2 Å². The van der Waals surface area contributed by atoms with Crippen LogP contribution >= 0.6 is 0 Å². The number of hydrogen-bond donors (Lipinski definition) is 1. The van der Waals surface area contributed by atoms with Gasteiger partial charge < -0.3 is 14.4 Å². The molecule has 1 N–H and O–H groups in total. The molecule has 0 spiro atoms. The van der Waals surface area contributed by atoms with Crippen molar-refractivity contribution in [1.29, 1.82) is 0 Å². The largest absolute Gasteiger partial charge is 0.506 e. The summed E-state index contributed by atoms with van der Waals surface area (Å²) in [5.74, 6) is 0.330. The third kappa shape index (κ3) is 3.16. The second kappa shape index (κ2) is 6.99. The van der Waals surface area contributed by atoms with Gasteiger partial charge in [-0.2, -0.15) is 0 Å². The Bertz CT molecular complexity index is 1080. The maximum absolute atomic E-state index is 12.1. The van der Waals surface area contributed by atoms with Gasteiger partial charge in [-0.05, 0) is 60.2 Å². The zero-order valence-corrected chi connectivity index (χ0v) is 15.9. The first-order valence-corrected chi connectivity index (χ1v) is 10.0. The highest BCUT2D eigenvalue weighted by Gasteiger charge is 2.21. The number of phenols is 1. The van der Waals surface area contributed by atoms with E-state index in [1.54, 1.807) is 12.1 Å². The van der Waals surface area contributed by atoms with Crippen molar-refractivity contribution in [3.63, 3.8) is 0 Å². The molecule has 2 heterocycles. The van der Waals surface area contributed by atoms with Crippen molar-refractivity contribution in [1.82, 2.24) is 4.90 Å². The second-order valence-corrected chi connectivity index (χ2v) is 7.81. The Morgan fingerprint density at radius 3 is 2.50 bits per heavy atom. The Morgan fingerprint density at radius 1 is 0.964 bits per heavy atom. The quantitative estimate of drug-likeness (QED) is 0.711. The number of anilines is 1. The molecule has 2 aliphatic rings. The summed E-state index contributed by atoms with van der Waals surface area (Å²) >= 11 is 0. The predicted octanol–water partition coefficient (Wildman–Crippen LogP) is 3.31. The van der Waals surface area contributed by atoms with E-state index < -0.39 is 0 Å². The van der Waals surface area contributed by atoms with Crippen molar-refractivity contribution in [3.8, 4) is 5.75 Å². The van der Waals surface area contributed by atoms with Crippen molar-refractivity contribution in [3.05, 3.63) is 69.6 Å². The van der Waals surface area contributed by atoms with Crippen LogP contribution in [-0.2, 0) is 19.4 Å². The number of aromatic hydroxyl groups is 1. The van der Waals surface area contributed by atoms with Gasteiger partial charge in [0.2, 0.25) is 0 Å². The van der Waals surface area contributed by atoms with Gasteiger partial charge >= 0.3 is 5.63 Å². The summed E-state index contributed by atoms with van der Waals surface area (Å²) in [5.41, 5.74) is 5.11. The monoisotopic (exact) mass is 376 g/mol. The maximum atomic E-state index is 12.1. The van der Waals surface area contributed by atoms with Crippen LogP contribution in [0.25, 0.3) is 11.0 Å². The highest BCUT2D eigenvalue weighted by atomic mass is 16.4. The van der Waals surface area contributed by atoms with Crippen LogP contribution < -0.4 is 10.5 Å². The third-order valence-corrected chi connectivity index (χ3v) is 6.03. The molecule has 1 saturated heterocycles. The highest BCUT2D eigenvalue weighted by molar-refractivity contribution is 5.82. The Balaban J connectivity index is 1.36. The summed E-state index contributed by atoms with van der Waals surface area (Å²) < 4.78 is 5.49. The van der Waals surface area contributed by atoms with E-state index in [0.717, 1.165) is 67.8 Å². The summed E-state index contributed by atoms with van der Waals surface area (Å²) in [5, 5.41) is 11.2. The Labute approximate surface area is 163 Å². The minimum Gasteiger partial charge on any atom is -0.506 e. The van der Waals surface area contributed by atoms with Gasteiger partial charge in [0.25, 0.3) is 0 Å². The maximum Gasteiger partial charge on any atom is 0.336 e. The summed E-state index contributed by atoms with van der Waals surface area (Å²) in [6.07, 6.45) is 3.37. The molecule has 5 nitrogen and oxygen atoms in total. The molecule has 2 aromatic carbocycles. The van der Waals surface area contributed by atoms with Crippen molar-refractivity contribution in [2.75, 3.05) is 31.1 Å². The minimum atomic E-state index is -0.270. The Hall–Kier alpha value is -2.79. The molecular formula is C23H24N2O3. The summed E-state index contributed by atoms with van der Waals surface area (Å²) in [4.78, 5) is 16.7. The number of piperazine rings is 1. The predicted molar refractivity (Wildman–Crippen MR) is 110 cm³/mol. The van der Waals surface area contributed by atoms with Gasteiger partial charge in [0.15, 0.2) is 0 Å². The first-order chi connectivity index (χ1) is 13.7. The van der Waals surface area contributed by atoms with Crippen LogP contribution in [0.15, 0.2) is 51.7 Å². The number of para-hydroxylation sites is 2. The SMILES string of the molecule is O=c1cc(CN2CCN(c3ccccc3O)CC2)c2cc3c(cc2o1)CCC3. The molecule has 1 aliphatic carbocycles. The highest BCUT2D eigenvalue weighted by Crippen LogP contribution is 2.30. The summed E-state index contributed by atoms with van der Waals surface area (Å²) in [7, 11) is 0. The molecule has 1 aromatic heterocycles. The van der Waals surface area contributed by atoms with Crippen LogP contribution in [0, 0.1) is 0 Å². The van der Waals surface area contributed by atoms with Crippen molar-refractivity contribution in [2.45, 2.75) is 25.8 Å². The lowest BCUT2D eigenvalue weighted by molar-refractivity contribution is 0.249. The van der Waals surface area contributed by atoms with Gasteiger partial charge in [0.05, 0.1) is 5.69 Å². The van der Waals surface area contributed by atoms with Gasteiger partial charge in [-0.25, -0.2) is 4.79 Å². The Kier molecular flexibility index (Phi) is 4.32. The zero-order valence-electron chi connectivity index (χ0n) is 15.9. The number of rotatable bonds is 3. The van der Waals surface area contributed by atoms with Gasteiger partial charge in [-0.15, -0.1) is 0 Å². The van der Waals surface area contributed by atoms with Crippen LogP contribution in [-0.4, -0.2) is 36.2 Å². The molecule has 0 saturated carbocycles. The van der Waals surface area contributed by atoms with E-state index >= 15 is 0 Å². The number of phenolic OH excluding ortho intramolecular Hbond substituents is 1. The first kappa shape index (κ1) is 17.3. The lowest BCUT2D eigenvalue weighted by Gasteiger charge is -2.36. The molecule has 1 fully saturated rings. The second-order valence-electron chi connectivity index (χ2n) is 7.81. The lowest BCUT2D eigenvalue weighted by atomic mass is 10.0. The number of nitrogens with zero attached hydrogens (tertiary/aromatic N) is 2. The molecule has 5 heteroatoms. The van der Waals surface area contributed by atoms with E-state index in [9.17, 15) is 9.90 Å². The van der Waals surface area contributed by atoms with Crippen LogP contribution in [0.1, 0.15) is 23.1 Å². The Morgan fingerprint density at radius 2 is 1.71 bits per heavy atom. The number of benzene rings is 2. The topological polar surface area (TPSA) is 56.9 Å². The van der Waals surface area contributed by atoms with E-state index in [0.29, 0.717) is 5.75 Å². The molecule has 28 heavy (non-hydrogen) atoms. The molecule has 0 atom stereocenters. The normalized spacial score (nSPS) is 17.2. The fraction of sp³-hybridized carbons (Fsp3) is 0.348. The number of aryl methyl sites for hydroxylation is 2. The van der Waals surface area contributed by atoms with E-state index in [1.165, 1.54) is 17.5 Å². The smallest absolute Gasteiger partial charge is 0.336 e. The standard InChI is InChI=1S/C23H24N2O3/c26-21-7-2-1-6-20(21)25-10-8-24(9-11-25)15-18-14-23(27)28-22-13-17-5-3-4-16(17)12-19(18)22/h1-2,6-7,12-14,26H,3-5,8-11,15H2. The molecule has 0 amide bonds. The first-order valence-electron chi connectivity index (χ1n) is 10.0. The average molecular weight is 376 g/mol. The molecule has 1 aliphatic heterocycles. The van der Waals surface area contributed by atoms with Crippen molar-refractivity contribution in [2.24, 2.45) is 0 Å². The van der Waals surface area contributed by atoms with Gasteiger partial charge in [0, 0.05) is 44.2 Å². The molecule has 3 aromatic rings. The molecule has 0 radical (unpaired) electrons. The van der Waals surface area contributed by atoms with Crippen molar-refractivity contribution >= 4 is 16.7 Å². The molecule has 144 valence electrons. The molecule has 0 bridgehead atoms. The fourth-order valence-corrected chi connectivity index (χ4v) is 4.54. The summed E-state index contributed by atoms with van der Waals surface area (Å²) in [6.45, 7) is 4.23. The van der Waals surface area contributed by atoms with Gasteiger partial charge in [0.1, 0.15) is 11.3 Å².